The van der Waals surface area contributed by atoms with E-state index in [1.54, 1.807) is 13.0 Å². The van der Waals surface area contributed by atoms with Crippen LogP contribution in [-0.4, -0.2) is 22.0 Å². The summed E-state index contributed by atoms with van der Waals surface area (Å²) >= 11 is 0. The molecule has 1 N–H and O–H groups in total. The molecule has 3 nitrogen and oxygen atoms in total. The average Bonchev–Trinajstić information content (AvgIpc) is 2.87. The minimum Gasteiger partial charge on any atom is -0.478 e. The average molecular weight is 373 g/mol. The maximum Gasteiger partial charge on any atom is 0.337 e. The molecule has 0 saturated heterocycles. The van der Waals surface area contributed by atoms with E-state index in [1.165, 1.54) is 6.20 Å². The predicted octanol–water partition coefficient (Wildman–Crippen LogP) is 5.43. The van der Waals surface area contributed by atoms with Crippen LogP contribution in [0.15, 0.2) is 40.6 Å². The summed E-state index contributed by atoms with van der Waals surface area (Å²) in [6.07, 6.45) is 6.14. The quantitative estimate of drug-likeness (QED) is 0.765. The van der Waals surface area contributed by atoms with Gasteiger partial charge in [0.15, 0.2) is 0 Å². The molecule has 0 spiro atoms. The molecule has 0 aromatic carbocycles. The summed E-state index contributed by atoms with van der Waals surface area (Å²) in [4.78, 5) is 15.7. The lowest BCUT2D eigenvalue weighted by Gasteiger charge is -2.26. The highest BCUT2D eigenvalue weighted by atomic mass is 19.3. The molecule has 0 saturated carbocycles. The van der Waals surface area contributed by atoms with Gasteiger partial charge in [-0.1, -0.05) is 31.6 Å². The highest BCUT2D eigenvalue weighted by Gasteiger charge is 2.36. The highest BCUT2D eigenvalue weighted by Crippen LogP contribution is 2.45. The molecule has 1 aromatic rings. The van der Waals surface area contributed by atoms with Crippen molar-refractivity contribution < 1.29 is 18.7 Å². The van der Waals surface area contributed by atoms with Crippen LogP contribution in [0, 0.1) is 25.7 Å². The first-order valence-corrected chi connectivity index (χ1v) is 9.22. The summed E-state index contributed by atoms with van der Waals surface area (Å²) < 4.78 is 27.7. The summed E-state index contributed by atoms with van der Waals surface area (Å²) in [5.74, 6) is -3.70. The number of allylic oxidation sites excluding steroid dienone is 6. The van der Waals surface area contributed by atoms with Crippen molar-refractivity contribution in [2.24, 2.45) is 11.8 Å². The maximum atomic E-state index is 13.9. The van der Waals surface area contributed by atoms with E-state index < -0.39 is 11.9 Å². The zero-order valence-corrected chi connectivity index (χ0v) is 16.4. The van der Waals surface area contributed by atoms with E-state index in [1.807, 2.05) is 20.8 Å². The Morgan fingerprint density at radius 3 is 2.52 bits per heavy atom. The van der Waals surface area contributed by atoms with Gasteiger partial charge < -0.3 is 5.11 Å². The van der Waals surface area contributed by atoms with Crippen LogP contribution in [0.1, 0.15) is 54.4 Å². The van der Waals surface area contributed by atoms with E-state index in [9.17, 15) is 18.7 Å². The maximum absolute atomic E-state index is 13.9. The van der Waals surface area contributed by atoms with Gasteiger partial charge in [0, 0.05) is 24.7 Å². The van der Waals surface area contributed by atoms with E-state index in [-0.39, 0.29) is 23.0 Å². The molecule has 1 heterocycles. The molecule has 0 aliphatic heterocycles. The molecule has 0 fully saturated rings. The lowest BCUT2D eigenvalue weighted by molar-refractivity contribution is 0.0574. The molecule has 3 rings (SSSR count). The van der Waals surface area contributed by atoms with Gasteiger partial charge in [-0.15, -0.1) is 0 Å². The molecule has 2 atom stereocenters. The van der Waals surface area contributed by atoms with Crippen molar-refractivity contribution in [2.75, 3.05) is 0 Å². The third kappa shape index (κ3) is 3.47. The van der Waals surface area contributed by atoms with Gasteiger partial charge in [-0.25, -0.2) is 13.6 Å². The van der Waals surface area contributed by atoms with Gasteiger partial charge in [-0.05, 0) is 60.5 Å². The van der Waals surface area contributed by atoms with E-state index in [4.69, 9.17) is 0 Å². The summed E-state index contributed by atoms with van der Waals surface area (Å²) in [6.45, 7) is 8.66. The second-order valence-corrected chi connectivity index (χ2v) is 7.86. The minimum absolute atomic E-state index is 0.0346. The van der Waals surface area contributed by atoms with E-state index in [0.29, 0.717) is 12.8 Å². The Kier molecular flexibility index (Phi) is 4.83. The number of alkyl halides is 2. The van der Waals surface area contributed by atoms with Crippen LogP contribution in [0.2, 0.25) is 0 Å². The Morgan fingerprint density at radius 2 is 1.93 bits per heavy atom. The zero-order valence-electron chi connectivity index (χ0n) is 16.4. The first-order chi connectivity index (χ1) is 12.5. The van der Waals surface area contributed by atoms with Crippen molar-refractivity contribution in [3.05, 3.63) is 63.0 Å². The van der Waals surface area contributed by atoms with Crippen molar-refractivity contribution in [1.82, 2.24) is 4.98 Å². The van der Waals surface area contributed by atoms with Crippen LogP contribution in [0.25, 0.3) is 0 Å². The van der Waals surface area contributed by atoms with Gasteiger partial charge in [-0.3, -0.25) is 4.98 Å². The van der Waals surface area contributed by atoms with Gasteiger partial charge in [0.1, 0.15) is 0 Å². The van der Waals surface area contributed by atoms with E-state index in [2.05, 4.69) is 11.1 Å². The number of hydrogen-bond acceptors (Lipinski definition) is 2. The number of aryl methyl sites for hydroxylation is 1. The highest BCUT2D eigenvalue weighted by molar-refractivity contribution is 5.89. The molecule has 2 aliphatic rings. The normalized spacial score (nSPS) is 22.5. The molecule has 0 amide bonds. The van der Waals surface area contributed by atoms with Crippen molar-refractivity contribution in [1.29, 1.82) is 0 Å². The van der Waals surface area contributed by atoms with Gasteiger partial charge in [0.2, 0.25) is 0 Å². The van der Waals surface area contributed by atoms with Crippen LogP contribution in [0.5, 0.6) is 0 Å². The lowest BCUT2D eigenvalue weighted by Crippen LogP contribution is -2.20. The number of carboxylic acid groups (broad SMARTS) is 1. The Balaban J connectivity index is 1.95. The topological polar surface area (TPSA) is 50.2 Å². The summed E-state index contributed by atoms with van der Waals surface area (Å²) in [5, 5.41) is 9.36. The molecule has 2 aliphatic carbocycles. The fourth-order valence-corrected chi connectivity index (χ4v) is 4.14. The third-order valence-electron chi connectivity index (χ3n) is 5.94. The molecular weight excluding hydrogens is 348 g/mol. The summed E-state index contributed by atoms with van der Waals surface area (Å²) in [7, 11) is 0. The molecule has 27 heavy (non-hydrogen) atoms. The summed E-state index contributed by atoms with van der Waals surface area (Å²) in [6, 6.07) is 0. The van der Waals surface area contributed by atoms with Crippen LogP contribution < -0.4 is 0 Å². The van der Waals surface area contributed by atoms with Gasteiger partial charge >= 0.3 is 5.97 Å². The number of carboxylic acids is 1. The fourth-order valence-electron chi connectivity index (χ4n) is 4.14. The third-order valence-corrected chi connectivity index (χ3v) is 5.94. The molecule has 144 valence electrons. The van der Waals surface area contributed by atoms with Gasteiger partial charge in [0.05, 0.1) is 5.56 Å². The molecular formula is C22H25F2NO2. The SMILES string of the molecule is Cc1ncc(C(=O)O)c(C)c1CC1=CC2=C(C=C(C(C)(F)F)CC2C)C1C. The zero-order chi connectivity index (χ0) is 20.1. The van der Waals surface area contributed by atoms with E-state index in [0.717, 1.165) is 40.5 Å². The number of rotatable bonds is 4. The van der Waals surface area contributed by atoms with Crippen molar-refractivity contribution in [2.45, 2.75) is 53.4 Å². The van der Waals surface area contributed by atoms with Gasteiger partial charge in [-0.2, -0.15) is 0 Å². The van der Waals surface area contributed by atoms with Crippen molar-refractivity contribution in [3.63, 3.8) is 0 Å². The number of aromatic nitrogens is 1. The summed E-state index contributed by atoms with van der Waals surface area (Å²) in [5.41, 5.74) is 6.06. The van der Waals surface area contributed by atoms with Crippen molar-refractivity contribution in [3.8, 4) is 0 Å². The number of aromatic carboxylic acids is 1. The minimum atomic E-state index is -2.80. The van der Waals surface area contributed by atoms with Crippen molar-refractivity contribution >= 4 is 5.97 Å². The Bertz CT molecular complexity index is 904. The van der Waals surface area contributed by atoms with Crippen LogP contribution in [0.4, 0.5) is 8.78 Å². The number of pyridine rings is 1. The van der Waals surface area contributed by atoms with Crippen LogP contribution in [0.3, 0.4) is 0 Å². The Hall–Kier alpha value is -2.30. The van der Waals surface area contributed by atoms with E-state index >= 15 is 0 Å². The predicted molar refractivity (Wildman–Crippen MR) is 101 cm³/mol. The number of hydrogen-bond donors (Lipinski definition) is 1. The fraction of sp³-hybridized carbons (Fsp3) is 0.455. The molecule has 2 unspecified atom stereocenters. The monoisotopic (exact) mass is 373 g/mol. The Labute approximate surface area is 158 Å². The smallest absolute Gasteiger partial charge is 0.337 e. The number of nitrogens with zero attached hydrogens (tertiary/aromatic N) is 1. The molecule has 0 bridgehead atoms. The Morgan fingerprint density at radius 1 is 1.26 bits per heavy atom. The molecule has 0 radical (unpaired) electrons. The van der Waals surface area contributed by atoms with Crippen LogP contribution in [-0.2, 0) is 6.42 Å². The second-order valence-electron chi connectivity index (χ2n) is 7.86. The first kappa shape index (κ1) is 19.5. The number of halogens is 2. The molecule has 5 heteroatoms. The van der Waals surface area contributed by atoms with Gasteiger partial charge in [0.25, 0.3) is 5.92 Å². The standard InChI is InChI=1S/C22H25F2NO2/c1-11-6-16(22(5,23)24)9-19-12(2)15(7-17(11)19)8-18-13(3)20(21(26)27)10-25-14(18)4/h7,9-12H,6,8H2,1-5H3,(H,26,27). The largest absolute Gasteiger partial charge is 0.478 e. The van der Waals surface area contributed by atoms with Crippen LogP contribution >= 0.6 is 0 Å². The molecule has 1 aromatic heterocycles. The number of carbonyl (C=O) groups is 1. The first-order valence-electron chi connectivity index (χ1n) is 9.22. The second kappa shape index (κ2) is 6.70. The lowest BCUT2D eigenvalue weighted by atomic mass is 9.81.